The van der Waals surface area contributed by atoms with Crippen LogP contribution in [0.3, 0.4) is 0 Å². The molecule has 0 aliphatic heterocycles. The van der Waals surface area contributed by atoms with E-state index in [1.807, 2.05) is 13.8 Å². The molecule has 6 nitrogen and oxygen atoms in total. The van der Waals surface area contributed by atoms with E-state index < -0.39 is 5.97 Å². The lowest BCUT2D eigenvalue weighted by atomic mass is 10.1. The third-order valence-electron chi connectivity index (χ3n) is 2.39. The molecule has 0 aliphatic carbocycles. The highest BCUT2D eigenvalue weighted by Crippen LogP contribution is 2.29. The van der Waals surface area contributed by atoms with Crippen molar-refractivity contribution >= 4 is 34.9 Å². The molecule has 0 heterocycles. The van der Waals surface area contributed by atoms with Crippen LogP contribution >= 0.6 is 11.6 Å². The van der Waals surface area contributed by atoms with Gasteiger partial charge in [0.25, 0.3) is 0 Å². The lowest BCUT2D eigenvalue weighted by molar-refractivity contribution is -0.119. The Balaban J connectivity index is 2.93. The number of nitrogen functional groups attached to an aromatic ring is 1. The molecule has 0 unspecified atom stereocenters. The Morgan fingerprint density at radius 3 is 2.60 bits per heavy atom. The van der Waals surface area contributed by atoms with Crippen molar-refractivity contribution < 1.29 is 14.3 Å². The molecule has 20 heavy (non-hydrogen) atoms. The Morgan fingerprint density at radius 1 is 1.40 bits per heavy atom. The molecule has 7 heteroatoms. The second-order valence-corrected chi connectivity index (χ2v) is 4.90. The van der Waals surface area contributed by atoms with Crippen LogP contribution in [0.5, 0.6) is 0 Å². The predicted molar refractivity (Wildman–Crippen MR) is 79.0 cm³/mol. The largest absolute Gasteiger partial charge is 0.465 e. The summed E-state index contributed by atoms with van der Waals surface area (Å²) in [6.45, 7) is 3.70. The Morgan fingerprint density at radius 2 is 2.05 bits per heavy atom. The first-order valence-corrected chi connectivity index (χ1v) is 6.43. The summed E-state index contributed by atoms with van der Waals surface area (Å²) >= 11 is 6.04. The molecule has 0 aliphatic rings. The van der Waals surface area contributed by atoms with Crippen molar-refractivity contribution in [2.24, 2.45) is 0 Å². The molecule has 1 aromatic carbocycles. The third kappa shape index (κ3) is 4.31. The highest BCUT2D eigenvalue weighted by molar-refractivity contribution is 6.34. The van der Waals surface area contributed by atoms with Gasteiger partial charge in [-0.05, 0) is 26.0 Å². The van der Waals surface area contributed by atoms with Gasteiger partial charge >= 0.3 is 5.97 Å². The number of rotatable bonds is 5. The first-order chi connectivity index (χ1) is 9.35. The van der Waals surface area contributed by atoms with Crippen LogP contribution in [0.1, 0.15) is 24.2 Å². The minimum Gasteiger partial charge on any atom is -0.465 e. The number of hydrogen-bond donors (Lipinski definition) is 3. The molecule has 1 amide bonds. The van der Waals surface area contributed by atoms with Crippen LogP contribution < -0.4 is 16.4 Å². The molecule has 1 rings (SSSR count). The Labute approximate surface area is 122 Å². The molecule has 0 fully saturated rings. The molecule has 0 radical (unpaired) electrons. The number of nitrogens with two attached hydrogens (primary N) is 1. The van der Waals surface area contributed by atoms with E-state index in [2.05, 4.69) is 15.4 Å². The van der Waals surface area contributed by atoms with Gasteiger partial charge < -0.3 is 21.1 Å². The summed E-state index contributed by atoms with van der Waals surface area (Å²) in [6, 6.07) is 2.98. The van der Waals surface area contributed by atoms with Crippen LogP contribution in [0.4, 0.5) is 11.4 Å². The summed E-state index contributed by atoms with van der Waals surface area (Å²) in [5.74, 6) is -0.783. The number of ether oxygens (including phenoxy) is 1. The SMILES string of the molecule is COC(=O)c1cc(N)cc(Cl)c1NCC(=O)NC(C)C. The number of hydrogen-bond acceptors (Lipinski definition) is 5. The smallest absolute Gasteiger partial charge is 0.340 e. The van der Waals surface area contributed by atoms with Crippen LogP contribution in [0.25, 0.3) is 0 Å². The van der Waals surface area contributed by atoms with E-state index in [-0.39, 0.29) is 29.1 Å². The van der Waals surface area contributed by atoms with Gasteiger partial charge in [-0.15, -0.1) is 0 Å². The zero-order valence-corrected chi connectivity index (χ0v) is 12.4. The van der Waals surface area contributed by atoms with E-state index >= 15 is 0 Å². The summed E-state index contributed by atoms with van der Waals surface area (Å²) in [4.78, 5) is 23.3. The Kier molecular flexibility index (Phi) is 5.64. The summed E-state index contributed by atoms with van der Waals surface area (Å²) < 4.78 is 4.66. The van der Waals surface area contributed by atoms with Crippen molar-refractivity contribution in [1.82, 2.24) is 5.32 Å². The fraction of sp³-hybridized carbons (Fsp3) is 0.385. The molecule has 0 bridgehead atoms. The quantitative estimate of drug-likeness (QED) is 0.568. The number of nitrogens with one attached hydrogen (secondary N) is 2. The standard InChI is InChI=1S/C13H18ClN3O3/c1-7(2)17-11(18)6-16-12-9(13(19)20-3)4-8(15)5-10(12)14/h4-5,7,16H,6,15H2,1-3H3,(H,17,18). The molecular formula is C13H18ClN3O3. The summed E-state index contributed by atoms with van der Waals surface area (Å²) in [6.07, 6.45) is 0. The summed E-state index contributed by atoms with van der Waals surface area (Å²) in [7, 11) is 1.26. The number of carbonyl (C=O) groups excluding carboxylic acids is 2. The van der Waals surface area contributed by atoms with Crippen molar-refractivity contribution in [2.75, 3.05) is 24.7 Å². The van der Waals surface area contributed by atoms with Gasteiger partial charge in [0.2, 0.25) is 5.91 Å². The van der Waals surface area contributed by atoms with Crippen LogP contribution in [-0.2, 0) is 9.53 Å². The van der Waals surface area contributed by atoms with Crippen LogP contribution in [0.15, 0.2) is 12.1 Å². The molecule has 0 saturated heterocycles. The molecule has 0 saturated carbocycles. The van der Waals surface area contributed by atoms with E-state index in [9.17, 15) is 9.59 Å². The molecule has 1 aromatic rings. The van der Waals surface area contributed by atoms with Crippen molar-refractivity contribution in [2.45, 2.75) is 19.9 Å². The maximum absolute atomic E-state index is 11.7. The third-order valence-corrected chi connectivity index (χ3v) is 2.69. The Bertz CT molecular complexity index is 518. The van der Waals surface area contributed by atoms with Gasteiger partial charge in [-0.1, -0.05) is 11.6 Å². The summed E-state index contributed by atoms with van der Waals surface area (Å²) in [5.41, 5.74) is 6.50. The minimum absolute atomic E-state index is 0.00812. The number of carbonyl (C=O) groups is 2. The van der Waals surface area contributed by atoms with Gasteiger partial charge in [0.05, 0.1) is 29.9 Å². The van der Waals surface area contributed by atoms with Crippen molar-refractivity contribution in [1.29, 1.82) is 0 Å². The molecule has 0 aromatic heterocycles. The van der Waals surface area contributed by atoms with Crippen LogP contribution in [-0.4, -0.2) is 31.6 Å². The molecule has 110 valence electrons. The first kappa shape index (κ1) is 16.1. The number of esters is 1. The number of halogens is 1. The average Bonchev–Trinajstić information content (AvgIpc) is 2.35. The molecule has 0 spiro atoms. The molecular weight excluding hydrogens is 282 g/mol. The van der Waals surface area contributed by atoms with Gasteiger partial charge in [0.15, 0.2) is 0 Å². The van der Waals surface area contributed by atoms with E-state index in [1.165, 1.54) is 19.2 Å². The zero-order chi connectivity index (χ0) is 15.3. The summed E-state index contributed by atoms with van der Waals surface area (Å²) in [5, 5.41) is 5.80. The fourth-order valence-electron chi connectivity index (χ4n) is 1.62. The van der Waals surface area contributed by atoms with Crippen LogP contribution in [0, 0.1) is 0 Å². The van der Waals surface area contributed by atoms with Crippen molar-refractivity contribution in [3.63, 3.8) is 0 Å². The van der Waals surface area contributed by atoms with E-state index in [0.29, 0.717) is 11.4 Å². The molecule has 0 atom stereocenters. The fourth-order valence-corrected chi connectivity index (χ4v) is 1.91. The van der Waals surface area contributed by atoms with E-state index in [1.54, 1.807) is 0 Å². The second-order valence-electron chi connectivity index (χ2n) is 4.49. The Hall–Kier alpha value is -1.95. The monoisotopic (exact) mass is 299 g/mol. The highest BCUT2D eigenvalue weighted by atomic mass is 35.5. The first-order valence-electron chi connectivity index (χ1n) is 6.05. The maximum Gasteiger partial charge on any atom is 0.340 e. The van der Waals surface area contributed by atoms with Gasteiger partial charge in [-0.2, -0.15) is 0 Å². The van der Waals surface area contributed by atoms with Crippen molar-refractivity contribution in [3.05, 3.63) is 22.7 Å². The van der Waals surface area contributed by atoms with Crippen LogP contribution in [0.2, 0.25) is 5.02 Å². The lowest BCUT2D eigenvalue weighted by Crippen LogP contribution is -2.35. The zero-order valence-electron chi connectivity index (χ0n) is 11.6. The van der Waals surface area contributed by atoms with Gasteiger partial charge in [0.1, 0.15) is 0 Å². The van der Waals surface area contributed by atoms with E-state index in [0.717, 1.165) is 0 Å². The normalized spacial score (nSPS) is 10.2. The lowest BCUT2D eigenvalue weighted by Gasteiger charge is -2.14. The van der Waals surface area contributed by atoms with Gasteiger partial charge in [-0.3, -0.25) is 4.79 Å². The van der Waals surface area contributed by atoms with Gasteiger partial charge in [-0.25, -0.2) is 4.79 Å². The molecule has 4 N–H and O–H groups in total. The number of methoxy groups -OCH3 is 1. The second kappa shape index (κ2) is 7.00. The number of amides is 1. The number of benzene rings is 1. The minimum atomic E-state index is -0.578. The van der Waals surface area contributed by atoms with Crippen molar-refractivity contribution in [3.8, 4) is 0 Å². The van der Waals surface area contributed by atoms with E-state index in [4.69, 9.17) is 17.3 Å². The highest BCUT2D eigenvalue weighted by Gasteiger charge is 2.17. The predicted octanol–water partition coefficient (Wildman–Crippen LogP) is 1.65. The average molecular weight is 300 g/mol. The topological polar surface area (TPSA) is 93.4 Å². The number of anilines is 2. The van der Waals surface area contributed by atoms with Gasteiger partial charge in [0, 0.05) is 11.7 Å². The maximum atomic E-state index is 11.7.